The van der Waals surface area contributed by atoms with Crippen molar-refractivity contribution in [1.82, 2.24) is 10.5 Å². The number of benzene rings is 1. The lowest BCUT2D eigenvalue weighted by Crippen LogP contribution is -2.27. The van der Waals surface area contributed by atoms with Crippen LogP contribution in [0, 0.1) is 13.8 Å². The molecule has 1 amide bonds. The Kier molecular flexibility index (Phi) is 4.55. The van der Waals surface area contributed by atoms with Crippen molar-refractivity contribution >= 4 is 34.5 Å². The van der Waals surface area contributed by atoms with Crippen LogP contribution in [0.3, 0.4) is 0 Å². The van der Waals surface area contributed by atoms with Gasteiger partial charge in [-0.1, -0.05) is 5.16 Å². The Labute approximate surface area is 131 Å². The Morgan fingerprint density at radius 3 is 2.75 bits per heavy atom. The summed E-state index contributed by atoms with van der Waals surface area (Å²) in [5.41, 5.74) is 2.25. The first kappa shape index (κ1) is 15.1. The summed E-state index contributed by atoms with van der Waals surface area (Å²) in [7, 11) is 0. The summed E-state index contributed by atoms with van der Waals surface area (Å²) in [5, 5.41) is 6.85. The van der Waals surface area contributed by atoms with Crippen LogP contribution in [0.1, 0.15) is 40.3 Å². The first-order valence-electron chi connectivity index (χ1n) is 6.12. The molecule has 1 N–H and O–H groups in total. The van der Waals surface area contributed by atoms with Gasteiger partial charge in [0, 0.05) is 14.9 Å². The molecule has 0 aliphatic heterocycles. The zero-order chi connectivity index (χ0) is 14.9. The number of carbonyl (C=O) groups excluding carboxylic acids is 1. The van der Waals surface area contributed by atoms with Crippen molar-refractivity contribution in [2.45, 2.75) is 31.7 Å². The lowest BCUT2D eigenvalue weighted by atomic mass is 10.1. The van der Waals surface area contributed by atoms with Gasteiger partial charge in [0.1, 0.15) is 5.76 Å². The molecule has 0 saturated heterocycles. The topological polar surface area (TPSA) is 55.1 Å². The van der Waals surface area contributed by atoms with Crippen molar-refractivity contribution < 1.29 is 9.32 Å². The van der Waals surface area contributed by atoms with Crippen LogP contribution < -0.4 is 5.32 Å². The van der Waals surface area contributed by atoms with Crippen molar-refractivity contribution in [3.63, 3.8) is 0 Å². The maximum Gasteiger partial charge on any atom is 0.252 e. The molecule has 0 bridgehead atoms. The summed E-state index contributed by atoms with van der Waals surface area (Å²) < 4.78 is 5.86. The summed E-state index contributed by atoms with van der Waals surface area (Å²) in [5.74, 6) is 0.553. The van der Waals surface area contributed by atoms with Crippen LogP contribution in [0.25, 0.3) is 0 Å². The molecule has 0 saturated carbocycles. The van der Waals surface area contributed by atoms with E-state index in [1.807, 2.05) is 26.8 Å². The van der Waals surface area contributed by atoms with Crippen molar-refractivity contribution in [2.24, 2.45) is 0 Å². The fraction of sp³-hybridized carbons (Fsp3) is 0.286. The minimum atomic E-state index is -0.177. The number of nitrogens with one attached hydrogen (secondary N) is 1. The number of halogens is 1. The van der Waals surface area contributed by atoms with Gasteiger partial charge in [0.15, 0.2) is 0 Å². The molecule has 4 nitrogen and oxygen atoms in total. The second kappa shape index (κ2) is 6.01. The molecule has 0 radical (unpaired) electrons. The Morgan fingerprint density at radius 1 is 1.45 bits per heavy atom. The number of carbonyl (C=O) groups is 1. The summed E-state index contributed by atoms with van der Waals surface area (Å²) in [6, 6.07) is 5.17. The largest absolute Gasteiger partial charge is 0.361 e. The van der Waals surface area contributed by atoms with E-state index in [1.165, 1.54) is 0 Å². The first-order chi connectivity index (χ1) is 9.40. The van der Waals surface area contributed by atoms with E-state index in [0.717, 1.165) is 26.4 Å². The molecule has 0 spiro atoms. The van der Waals surface area contributed by atoms with E-state index < -0.39 is 0 Å². The highest BCUT2D eigenvalue weighted by atomic mass is 79.9. The maximum atomic E-state index is 12.3. The molecule has 0 aliphatic rings. The minimum Gasteiger partial charge on any atom is -0.361 e. The third-order valence-corrected chi connectivity index (χ3v) is 4.03. The van der Waals surface area contributed by atoms with Gasteiger partial charge in [0.2, 0.25) is 0 Å². The third-order valence-electron chi connectivity index (χ3n) is 3.06. The molecule has 2 aromatic rings. The van der Waals surface area contributed by atoms with Gasteiger partial charge in [-0.25, -0.2) is 0 Å². The van der Waals surface area contributed by atoms with Crippen LogP contribution in [-0.4, -0.2) is 11.1 Å². The quantitative estimate of drug-likeness (QED) is 0.823. The number of hydrogen-bond donors (Lipinski definition) is 2. The number of hydrogen-bond acceptors (Lipinski definition) is 4. The lowest BCUT2D eigenvalue weighted by molar-refractivity contribution is 0.0938. The zero-order valence-electron chi connectivity index (χ0n) is 11.4. The van der Waals surface area contributed by atoms with E-state index >= 15 is 0 Å². The average molecular weight is 355 g/mol. The van der Waals surface area contributed by atoms with Gasteiger partial charge in [-0.2, -0.15) is 0 Å². The molecule has 1 unspecified atom stereocenters. The number of thiol groups is 1. The fourth-order valence-electron chi connectivity index (χ4n) is 2.14. The highest BCUT2D eigenvalue weighted by molar-refractivity contribution is 9.10. The molecule has 1 aromatic heterocycles. The summed E-state index contributed by atoms with van der Waals surface area (Å²) in [4.78, 5) is 13.1. The number of aromatic nitrogens is 1. The fourth-order valence-corrected chi connectivity index (χ4v) is 2.77. The van der Waals surface area contributed by atoms with Crippen molar-refractivity contribution in [1.29, 1.82) is 0 Å². The number of aryl methyl sites for hydroxylation is 2. The van der Waals surface area contributed by atoms with Crippen LogP contribution in [-0.2, 0) is 0 Å². The average Bonchev–Trinajstić information content (AvgIpc) is 2.71. The van der Waals surface area contributed by atoms with Gasteiger partial charge < -0.3 is 9.84 Å². The molecule has 1 atom stereocenters. The third kappa shape index (κ3) is 3.07. The second-order valence-electron chi connectivity index (χ2n) is 4.60. The monoisotopic (exact) mass is 354 g/mol. The summed E-state index contributed by atoms with van der Waals surface area (Å²) >= 11 is 7.63. The number of amides is 1. The van der Waals surface area contributed by atoms with Crippen LogP contribution in [0.15, 0.2) is 32.1 Å². The van der Waals surface area contributed by atoms with E-state index in [0.29, 0.717) is 5.56 Å². The second-order valence-corrected chi connectivity index (χ2v) is 5.97. The Morgan fingerprint density at radius 2 is 2.15 bits per heavy atom. The smallest absolute Gasteiger partial charge is 0.252 e. The highest BCUT2D eigenvalue weighted by Crippen LogP contribution is 2.24. The Hall–Kier alpha value is -1.27. The minimum absolute atomic E-state index is 0.166. The lowest BCUT2D eigenvalue weighted by Gasteiger charge is -2.14. The molecule has 0 fully saturated rings. The van der Waals surface area contributed by atoms with Crippen LogP contribution in [0.4, 0.5) is 0 Å². The predicted octanol–water partition coefficient (Wildman–Crippen LogP) is 3.83. The SMILES string of the molecule is Cc1noc(C)c1C(C)NC(=O)c1cc(S)ccc1Br. The number of nitrogens with zero attached hydrogens (tertiary/aromatic N) is 1. The standard InChI is InChI=1S/C14H15BrN2O2S/c1-7(13-8(2)17-19-9(13)3)16-14(18)11-6-10(20)4-5-12(11)15/h4-7,20H,1-3H3,(H,16,18). The van der Waals surface area contributed by atoms with Crippen LogP contribution in [0.2, 0.25) is 0 Å². The van der Waals surface area contributed by atoms with E-state index in [2.05, 4.69) is 39.0 Å². The molecule has 1 heterocycles. The van der Waals surface area contributed by atoms with Crippen LogP contribution in [0.5, 0.6) is 0 Å². The van der Waals surface area contributed by atoms with Gasteiger partial charge in [-0.3, -0.25) is 4.79 Å². The zero-order valence-corrected chi connectivity index (χ0v) is 13.9. The molecule has 1 aromatic carbocycles. The van der Waals surface area contributed by atoms with Gasteiger partial charge in [0.25, 0.3) is 5.91 Å². The van der Waals surface area contributed by atoms with E-state index in [4.69, 9.17) is 4.52 Å². The summed E-state index contributed by atoms with van der Waals surface area (Å²) in [6.07, 6.45) is 0. The van der Waals surface area contributed by atoms with Crippen molar-refractivity contribution in [3.05, 3.63) is 45.3 Å². The normalized spacial score (nSPS) is 12.2. The van der Waals surface area contributed by atoms with Crippen molar-refractivity contribution in [2.75, 3.05) is 0 Å². The predicted molar refractivity (Wildman–Crippen MR) is 83.3 cm³/mol. The van der Waals surface area contributed by atoms with Gasteiger partial charge in [-0.05, 0) is 54.9 Å². The molecular weight excluding hydrogens is 340 g/mol. The van der Waals surface area contributed by atoms with E-state index in [1.54, 1.807) is 12.1 Å². The van der Waals surface area contributed by atoms with Gasteiger partial charge in [0.05, 0.1) is 17.3 Å². The highest BCUT2D eigenvalue weighted by Gasteiger charge is 2.20. The molecule has 6 heteroatoms. The summed E-state index contributed by atoms with van der Waals surface area (Å²) in [6.45, 7) is 5.60. The van der Waals surface area contributed by atoms with Crippen LogP contribution >= 0.6 is 28.6 Å². The molecule has 2 rings (SSSR count). The molecular formula is C14H15BrN2O2S. The number of rotatable bonds is 3. The van der Waals surface area contributed by atoms with Gasteiger partial charge >= 0.3 is 0 Å². The first-order valence-corrected chi connectivity index (χ1v) is 7.36. The maximum absolute atomic E-state index is 12.3. The molecule has 0 aliphatic carbocycles. The Bertz CT molecular complexity index is 635. The molecule has 106 valence electrons. The van der Waals surface area contributed by atoms with E-state index in [9.17, 15) is 4.79 Å². The van der Waals surface area contributed by atoms with Gasteiger partial charge in [-0.15, -0.1) is 12.6 Å². The van der Waals surface area contributed by atoms with Crippen molar-refractivity contribution in [3.8, 4) is 0 Å². The molecule has 20 heavy (non-hydrogen) atoms. The Balaban J connectivity index is 2.22. The van der Waals surface area contributed by atoms with E-state index in [-0.39, 0.29) is 11.9 Å².